The molecule has 0 radical (unpaired) electrons. The Morgan fingerprint density at radius 1 is 0.439 bits per heavy atom. The maximum atomic E-state index is 6.40. The molecule has 11 rings (SSSR count). The molecule has 0 fully saturated rings. The van der Waals surface area contributed by atoms with Crippen molar-refractivity contribution in [2.75, 3.05) is 9.80 Å². The topological polar surface area (TPSA) is 19.6 Å². The van der Waals surface area contributed by atoms with Crippen LogP contribution in [0.2, 0.25) is 0 Å². The van der Waals surface area contributed by atoms with Crippen LogP contribution in [0.5, 0.6) is 0 Å². The number of anilines is 6. The fourth-order valence-electron chi connectivity index (χ4n) is 9.75. The highest BCUT2D eigenvalue weighted by molar-refractivity contribution is 6.15. The summed E-state index contributed by atoms with van der Waals surface area (Å²) in [5.74, 6) is 0. The number of furan rings is 1. The Hall–Kier alpha value is -6.84. The van der Waals surface area contributed by atoms with Crippen LogP contribution in [0.15, 0.2) is 186 Å². The average Bonchev–Trinajstić information content (AvgIpc) is 3.73. The van der Waals surface area contributed by atoms with Gasteiger partial charge >= 0.3 is 0 Å². The second-order valence-electron chi connectivity index (χ2n) is 16.6. The molecular weight excluding hydrogens is 693 g/mol. The van der Waals surface area contributed by atoms with E-state index in [0.29, 0.717) is 0 Å². The lowest BCUT2D eigenvalue weighted by Crippen LogP contribution is -2.30. The molecule has 0 bridgehead atoms. The van der Waals surface area contributed by atoms with E-state index in [4.69, 9.17) is 4.42 Å². The summed E-state index contributed by atoms with van der Waals surface area (Å²) in [6.07, 6.45) is 0. The third-order valence-corrected chi connectivity index (χ3v) is 12.6. The van der Waals surface area contributed by atoms with Gasteiger partial charge < -0.3 is 14.2 Å². The zero-order chi connectivity index (χ0) is 38.5. The van der Waals surface area contributed by atoms with Crippen molar-refractivity contribution in [3.8, 4) is 22.3 Å². The van der Waals surface area contributed by atoms with Gasteiger partial charge in [-0.2, -0.15) is 0 Å². The van der Waals surface area contributed by atoms with Crippen LogP contribution in [-0.4, -0.2) is 0 Å². The molecule has 9 aromatic rings. The van der Waals surface area contributed by atoms with E-state index >= 15 is 0 Å². The number of rotatable bonds is 5. The van der Waals surface area contributed by atoms with Crippen LogP contribution in [0, 0.1) is 0 Å². The monoisotopic (exact) mass is 734 g/mol. The summed E-state index contributed by atoms with van der Waals surface area (Å²) in [5, 5.41) is 2.36. The summed E-state index contributed by atoms with van der Waals surface area (Å²) in [4.78, 5) is 4.80. The maximum Gasteiger partial charge on any atom is 0.136 e. The lowest BCUT2D eigenvalue weighted by molar-refractivity contribution is 0.632. The summed E-state index contributed by atoms with van der Waals surface area (Å²) in [6, 6.07) is 66.2. The molecule has 2 heterocycles. The highest BCUT2D eigenvalue weighted by atomic mass is 16.3. The third kappa shape index (κ3) is 4.98. The zero-order valence-corrected chi connectivity index (χ0v) is 32.6. The molecule has 274 valence electrons. The van der Waals surface area contributed by atoms with Gasteiger partial charge in [-0.1, -0.05) is 131 Å². The van der Waals surface area contributed by atoms with Gasteiger partial charge in [-0.05, 0) is 123 Å². The smallest absolute Gasteiger partial charge is 0.136 e. The second-order valence-corrected chi connectivity index (χ2v) is 16.6. The predicted octanol–water partition coefficient (Wildman–Crippen LogP) is 15.1. The van der Waals surface area contributed by atoms with Crippen molar-refractivity contribution in [1.82, 2.24) is 0 Å². The van der Waals surface area contributed by atoms with Crippen molar-refractivity contribution in [3.05, 3.63) is 204 Å². The van der Waals surface area contributed by atoms with E-state index in [9.17, 15) is 0 Å². The molecule has 0 amide bonds. The molecule has 2 aliphatic rings. The molecule has 8 aromatic carbocycles. The van der Waals surface area contributed by atoms with Crippen LogP contribution in [0.4, 0.5) is 34.1 Å². The van der Waals surface area contributed by atoms with Crippen LogP contribution in [0.25, 0.3) is 44.2 Å². The van der Waals surface area contributed by atoms with Crippen molar-refractivity contribution in [3.63, 3.8) is 0 Å². The van der Waals surface area contributed by atoms with Gasteiger partial charge in [0.2, 0.25) is 0 Å². The first-order valence-corrected chi connectivity index (χ1v) is 19.9. The summed E-state index contributed by atoms with van der Waals surface area (Å²) >= 11 is 0. The van der Waals surface area contributed by atoms with Crippen LogP contribution < -0.4 is 9.80 Å². The summed E-state index contributed by atoms with van der Waals surface area (Å²) in [5.41, 5.74) is 18.8. The third-order valence-electron chi connectivity index (χ3n) is 12.6. The molecule has 1 aliphatic carbocycles. The normalized spacial score (nSPS) is 14.6. The van der Waals surface area contributed by atoms with Crippen LogP contribution in [0.1, 0.15) is 49.9 Å². The van der Waals surface area contributed by atoms with Crippen molar-refractivity contribution in [1.29, 1.82) is 0 Å². The minimum Gasteiger partial charge on any atom is -0.456 e. The Balaban J connectivity index is 1.02. The van der Waals surface area contributed by atoms with Gasteiger partial charge in [-0.3, -0.25) is 0 Å². The van der Waals surface area contributed by atoms with Crippen LogP contribution in [-0.2, 0) is 10.8 Å². The Morgan fingerprint density at radius 2 is 1.05 bits per heavy atom. The lowest BCUT2D eigenvalue weighted by atomic mass is 9.73. The van der Waals surface area contributed by atoms with Gasteiger partial charge in [-0.25, -0.2) is 0 Å². The summed E-state index contributed by atoms with van der Waals surface area (Å²) in [7, 11) is 0. The Morgan fingerprint density at radius 3 is 1.86 bits per heavy atom. The van der Waals surface area contributed by atoms with Crippen molar-refractivity contribution in [2.24, 2.45) is 0 Å². The Kier molecular flexibility index (Phi) is 7.25. The van der Waals surface area contributed by atoms with Crippen molar-refractivity contribution < 1.29 is 4.42 Å². The van der Waals surface area contributed by atoms with Gasteiger partial charge in [0.1, 0.15) is 11.2 Å². The average molecular weight is 735 g/mol. The SMILES string of the molecule is CC1(C)c2ccccc2N(c2ccccc2)c2ccc(-c3ccc(N(c4ccccc4)c4ccc5c(c4)-c4c(ccc6oc7ccccc7c46)C5(C)C)cc3)cc21. The van der Waals surface area contributed by atoms with Gasteiger partial charge in [0.25, 0.3) is 0 Å². The van der Waals surface area contributed by atoms with E-state index in [1.54, 1.807) is 0 Å². The number of para-hydroxylation sites is 4. The van der Waals surface area contributed by atoms with E-state index < -0.39 is 0 Å². The van der Waals surface area contributed by atoms with Crippen LogP contribution >= 0.6 is 0 Å². The molecule has 3 nitrogen and oxygen atoms in total. The molecule has 0 saturated heterocycles. The van der Waals surface area contributed by atoms with E-state index in [2.05, 4.69) is 219 Å². The molecular formula is C54H42N2O. The number of hydrogen-bond donors (Lipinski definition) is 0. The number of hydrogen-bond acceptors (Lipinski definition) is 3. The molecule has 3 heteroatoms. The minimum atomic E-state index is -0.174. The number of benzene rings is 8. The summed E-state index contributed by atoms with van der Waals surface area (Å²) < 4.78 is 6.40. The highest BCUT2D eigenvalue weighted by Crippen LogP contribution is 2.55. The Bertz CT molecular complexity index is 3010. The van der Waals surface area contributed by atoms with Crippen molar-refractivity contribution >= 4 is 56.1 Å². The second kappa shape index (κ2) is 12.3. The molecule has 0 N–H and O–H groups in total. The highest BCUT2D eigenvalue weighted by Gasteiger charge is 2.39. The van der Waals surface area contributed by atoms with Crippen molar-refractivity contribution in [2.45, 2.75) is 38.5 Å². The molecule has 0 atom stereocenters. The zero-order valence-electron chi connectivity index (χ0n) is 32.6. The number of fused-ring (bicyclic) bond motifs is 9. The largest absolute Gasteiger partial charge is 0.456 e. The van der Waals surface area contributed by atoms with Gasteiger partial charge in [0.05, 0.1) is 11.4 Å². The molecule has 1 aliphatic heterocycles. The van der Waals surface area contributed by atoms with E-state index in [1.165, 1.54) is 67.0 Å². The number of nitrogens with zero attached hydrogens (tertiary/aromatic N) is 2. The first kappa shape index (κ1) is 33.5. The maximum absolute atomic E-state index is 6.40. The first-order valence-electron chi connectivity index (χ1n) is 19.9. The minimum absolute atomic E-state index is 0.140. The molecule has 0 spiro atoms. The Labute approximate surface area is 334 Å². The summed E-state index contributed by atoms with van der Waals surface area (Å²) in [6.45, 7) is 9.40. The van der Waals surface area contributed by atoms with Gasteiger partial charge in [0.15, 0.2) is 0 Å². The molecule has 1 aromatic heterocycles. The van der Waals surface area contributed by atoms with Gasteiger partial charge in [-0.15, -0.1) is 0 Å². The standard InChI is InChI=1S/C54H42N2O/c1-53(2)43-29-28-40(34-42(43)51-45(53)30-32-50-52(51)41-19-11-14-22-49(41)57-50)55(37-15-7-5-8-16-37)39-26-23-35(24-27-39)36-25-31-48-46(33-36)54(3,4)44-20-12-13-21-47(44)56(48)38-17-9-6-10-18-38/h5-34H,1-4H3. The van der Waals surface area contributed by atoms with Gasteiger partial charge in [0, 0.05) is 44.4 Å². The molecule has 57 heavy (non-hydrogen) atoms. The van der Waals surface area contributed by atoms with E-state index in [1.807, 2.05) is 0 Å². The lowest BCUT2D eigenvalue weighted by Gasteiger charge is -2.42. The molecule has 0 saturated carbocycles. The quantitative estimate of drug-likeness (QED) is 0.176. The fourth-order valence-corrected chi connectivity index (χ4v) is 9.75. The first-order chi connectivity index (χ1) is 27.8. The molecule has 0 unspecified atom stereocenters. The van der Waals surface area contributed by atoms with E-state index in [0.717, 1.165) is 33.6 Å². The van der Waals surface area contributed by atoms with E-state index in [-0.39, 0.29) is 10.8 Å². The van der Waals surface area contributed by atoms with Crippen LogP contribution in [0.3, 0.4) is 0 Å². The predicted molar refractivity (Wildman–Crippen MR) is 238 cm³/mol. The fraction of sp³-hybridized carbons (Fsp3) is 0.111.